The second kappa shape index (κ2) is 53.6. The molecule has 1 heterocycles. The third-order valence-corrected chi connectivity index (χ3v) is 15.9. The Labute approximate surface area is 473 Å². The molecule has 12 nitrogen and oxygen atoms in total. The summed E-state index contributed by atoms with van der Waals surface area (Å²) in [4.78, 5) is 13.1. The summed E-state index contributed by atoms with van der Waals surface area (Å²) in [5.74, 6) is -0.259. The number of aliphatic hydroxyl groups is 4. The molecule has 0 aromatic heterocycles. The Morgan fingerprint density at radius 2 is 0.870 bits per heavy atom. The number of aliphatic hydroxyl groups excluding tert-OH is 4. The van der Waals surface area contributed by atoms with E-state index in [4.69, 9.17) is 9.47 Å². The quantitative estimate of drug-likeness (QED) is 0.0193. The Balaban J connectivity index is 2.21. The molecule has 0 radical (unpaired) electrons. The molecule has 1 fully saturated rings. The van der Waals surface area contributed by atoms with E-state index < -0.39 is 59.9 Å². The van der Waals surface area contributed by atoms with E-state index in [9.17, 15) is 38.2 Å². The van der Waals surface area contributed by atoms with E-state index in [1.54, 1.807) is 6.08 Å². The fourth-order valence-corrected chi connectivity index (χ4v) is 10.9. The highest BCUT2D eigenvalue weighted by Gasteiger charge is 2.48. The molecule has 77 heavy (non-hydrogen) atoms. The number of unbranched alkanes of at least 4 members (excludes halogenated alkanes) is 41. The Morgan fingerprint density at radius 3 is 1.23 bits per heavy atom. The number of hydrogen-bond donors (Lipinski definition) is 6. The van der Waals surface area contributed by atoms with Crippen molar-refractivity contribution in [2.75, 3.05) is 13.2 Å². The monoisotopic (exact) mass is 1110 g/mol. The van der Waals surface area contributed by atoms with Gasteiger partial charge in [-0.2, -0.15) is 8.42 Å². The van der Waals surface area contributed by atoms with Gasteiger partial charge in [0.1, 0.15) is 24.4 Å². The van der Waals surface area contributed by atoms with Gasteiger partial charge in [-0.15, -0.1) is 0 Å². The molecule has 0 spiro atoms. The predicted molar refractivity (Wildman–Crippen MR) is 319 cm³/mol. The van der Waals surface area contributed by atoms with Crippen LogP contribution in [0, 0.1) is 0 Å². The molecule has 13 heteroatoms. The van der Waals surface area contributed by atoms with Crippen molar-refractivity contribution in [3.05, 3.63) is 36.5 Å². The summed E-state index contributed by atoms with van der Waals surface area (Å²) in [6, 6.07) is -0.943. The highest BCUT2D eigenvalue weighted by atomic mass is 32.3. The van der Waals surface area contributed by atoms with Gasteiger partial charge in [-0.3, -0.25) is 9.35 Å². The van der Waals surface area contributed by atoms with E-state index >= 15 is 0 Å². The van der Waals surface area contributed by atoms with Crippen molar-refractivity contribution in [2.45, 2.75) is 352 Å². The maximum absolute atomic E-state index is 13.1. The Morgan fingerprint density at radius 1 is 0.519 bits per heavy atom. The second-order valence-corrected chi connectivity index (χ2v) is 23.8. The van der Waals surface area contributed by atoms with Gasteiger partial charge in [-0.1, -0.05) is 288 Å². The molecule has 1 aliphatic heterocycles. The Bertz CT molecular complexity index is 1490. The average Bonchev–Trinajstić information content (AvgIpc) is 3.41. The Hall–Kier alpha value is -1.68. The highest BCUT2D eigenvalue weighted by molar-refractivity contribution is 7.80. The first-order valence-electron chi connectivity index (χ1n) is 32.4. The third kappa shape index (κ3) is 45.6. The van der Waals surface area contributed by atoms with E-state index in [1.165, 1.54) is 238 Å². The van der Waals surface area contributed by atoms with Crippen molar-refractivity contribution < 1.29 is 51.8 Å². The molecule has 6 N–H and O–H groups in total. The van der Waals surface area contributed by atoms with Crippen LogP contribution in [0.3, 0.4) is 0 Å². The number of allylic oxidation sites excluding steroid dienone is 5. The molecule has 0 saturated carbocycles. The van der Waals surface area contributed by atoms with Crippen LogP contribution in [0.1, 0.15) is 309 Å². The van der Waals surface area contributed by atoms with Gasteiger partial charge in [0, 0.05) is 6.42 Å². The molecule has 0 bridgehead atoms. The largest absolute Gasteiger partial charge is 0.397 e. The minimum absolute atomic E-state index is 0.259. The van der Waals surface area contributed by atoms with Gasteiger partial charge in [-0.25, -0.2) is 4.18 Å². The van der Waals surface area contributed by atoms with E-state index in [0.717, 1.165) is 44.9 Å². The zero-order valence-corrected chi connectivity index (χ0v) is 50.4. The van der Waals surface area contributed by atoms with Gasteiger partial charge in [-0.05, 0) is 51.4 Å². The number of hydrogen-bond acceptors (Lipinski definition) is 10. The van der Waals surface area contributed by atoms with Crippen LogP contribution in [0.5, 0.6) is 0 Å². The summed E-state index contributed by atoms with van der Waals surface area (Å²) >= 11 is 0. The van der Waals surface area contributed by atoms with E-state index in [1.807, 2.05) is 6.08 Å². The van der Waals surface area contributed by atoms with Crippen LogP contribution in [0.15, 0.2) is 36.5 Å². The third-order valence-electron chi connectivity index (χ3n) is 15.4. The van der Waals surface area contributed by atoms with Crippen LogP contribution in [-0.4, -0.2) is 95.4 Å². The molecule has 1 aliphatic rings. The topological polar surface area (TPSA) is 192 Å². The van der Waals surface area contributed by atoms with E-state index in [0.29, 0.717) is 6.42 Å². The molecule has 454 valence electrons. The lowest BCUT2D eigenvalue weighted by Crippen LogP contribution is -2.61. The van der Waals surface area contributed by atoms with Gasteiger partial charge < -0.3 is 35.2 Å². The number of carbonyl (C=O) groups is 1. The van der Waals surface area contributed by atoms with Crippen molar-refractivity contribution in [3.8, 4) is 0 Å². The molecule has 7 atom stereocenters. The summed E-state index contributed by atoms with van der Waals surface area (Å²) in [6.07, 6.45) is 60.8. The number of carbonyl (C=O) groups excluding carboxylic acids is 1. The normalized spacial score (nSPS) is 19.1. The fourth-order valence-electron chi connectivity index (χ4n) is 10.4. The Kier molecular flexibility index (Phi) is 51.1. The number of rotatable bonds is 57. The predicted octanol–water partition coefficient (Wildman–Crippen LogP) is 16.1. The second-order valence-electron chi connectivity index (χ2n) is 22.7. The molecular weight excluding hydrogens is 991 g/mol. The molecule has 1 amide bonds. The van der Waals surface area contributed by atoms with Crippen molar-refractivity contribution >= 4 is 16.3 Å². The van der Waals surface area contributed by atoms with Crippen molar-refractivity contribution in [1.82, 2.24) is 5.32 Å². The maximum atomic E-state index is 13.1. The molecular formula is C64H121NO11S. The van der Waals surface area contributed by atoms with E-state index in [-0.39, 0.29) is 18.9 Å². The minimum atomic E-state index is -5.09. The lowest BCUT2D eigenvalue weighted by atomic mass is 9.99. The molecule has 0 aliphatic carbocycles. The van der Waals surface area contributed by atoms with Gasteiger partial charge in [0.2, 0.25) is 5.91 Å². The van der Waals surface area contributed by atoms with Crippen LogP contribution >= 0.6 is 0 Å². The van der Waals surface area contributed by atoms with Gasteiger partial charge in [0.15, 0.2) is 6.29 Å². The fraction of sp³-hybridized carbons (Fsp3) is 0.891. The highest BCUT2D eigenvalue weighted by Crippen LogP contribution is 2.26. The number of nitrogens with one attached hydrogen (secondary N) is 1. The number of ether oxygens (including phenoxy) is 2. The summed E-state index contributed by atoms with van der Waals surface area (Å²) in [5, 5.41) is 45.0. The molecule has 1 saturated heterocycles. The maximum Gasteiger partial charge on any atom is 0.397 e. The lowest BCUT2D eigenvalue weighted by Gasteiger charge is -2.41. The van der Waals surface area contributed by atoms with Crippen molar-refractivity contribution in [1.29, 1.82) is 0 Å². The molecule has 7 unspecified atom stereocenters. The summed E-state index contributed by atoms with van der Waals surface area (Å²) in [6.45, 7) is 3.43. The molecule has 1 rings (SSSR count). The first-order valence-corrected chi connectivity index (χ1v) is 33.7. The smallest absolute Gasteiger partial charge is 0.394 e. The van der Waals surface area contributed by atoms with Crippen LogP contribution in [-0.2, 0) is 28.9 Å². The molecule has 0 aromatic rings. The average molecular weight is 1110 g/mol. The lowest BCUT2D eigenvalue weighted by molar-refractivity contribution is -0.298. The van der Waals surface area contributed by atoms with Crippen LogP contribution in [0.4, 0.5) is 0 Å². The van der Waals surface area contributed by atoms with Gasteiger partial charge in [0.05, 0.1) is 25.4 Å². The molecule has 0 aromatic carbocycles. The standard InChI is InChI=1S/C64H121NO11S/c1-3-5-7-9-11-13-15-17-19-20-21-22-23-24-25-26-27-28-29-30-31-32-33-34-35-36-37-38-40-42-44-46-48-50-52-54-60(68)65-57(56-74-64-62(70)63(76-77(71,72)73)61(69)59(55-66)75-64)58(67)53-51-49-47-45-43-41-39-18-16-14-12-10-8-6-4-2/h23-24,26-27,51,53,57-59,61-64,66-67,69-70H,3-22,25,28-50,52,54-56H2,1-2H3,(H,65,68)(H,71,72,73)/b24-23-,27-26-,53-51+. The zero-order valence-electron chi connectivity index (χ0n) is 49.5. The van der Waals surface area contributed by atoms with Crippen LogP contribution in [0.25, 0.3) is 0 Å². The first kappa shape index (κ1) is 73.3. The summed E-state index contributed by atoms with van der Waals surface area (Å²) < 4.78 is 47.9. The van der Waals surface area contributed by atoms with E-state index in [2.05, 4.69) is 47.7 Å². The van der Waals surface area contributed by atoms with Crippen LogP contribution < -0.4 is 5.32 Å². The summed E-state index contributed by atoms with van der Waals surface area (Å²) in [5.41, 5.74) is 0. The van der Waals surface area contributed by atoms with Gasteiger partial charge in [0.25, 0.3) is 0 Å². The SMILES string of the molecule is CCCCCCCCCCCCC/C=C\C/C=C\CCCCCCCCCCCCCCCCCCCC(=O)NC(COC1OC(CO)C(O)C(OS(=O)(=O)O)C1O)C(O)/C=C/CCCCCCCCCCCCCCC. The summed E-state index contributed by atoms with van der Waals surface area (Å²) in [7, 11) is -5.09. The first-order chi connectivity index (χ1) is 37.5. The van der Waals surface area contributed by atoms with Crippen molar-refractivity contribution in [2.24, 2.45) is 0 Å². The zero-order chi connectivity index (χ0) is 56.1. The number of amides is 1. The minimum Gasteiger partial charge on any atom is -0.394 e. The van der Waals surface area contributed by atoms with Crippen LogP contribution in [0.2, 0.25) is 0 Å². The van der Waals surface area contributed by atoms with Crippen molar-refractivity contribution in [3.63, 3.8) is 0 Å². The van der Waals surface area contributed by atoms with Gasteiger partial charge >= 0.3 is 10.4 Å².